The number of benzene rings is 1. The van der Waals surface area contributed by atoms with Crippen LogP contribution in [-0.4, -0.2) is 79.4 Å². The predicted octanol–water partition coefficient (Wildman–Crippen LogP) is 2.23. The Bertz CT molecular complexity index is 1230. The molecule has 0 atom stereocenters. The van der Waals surface area contributed by atoms with Crippen LogP contribution in [0.2, 0.25) is 5.02 Å². The quantitative estimate of drug-likeness (QED) is 0.583. The summed E-state index contributed by atoms with van der Waals surface area (Å²) in [6.07, 6.45) is -3.76. The van der Waals surface area contributed by atoms with E-state index in [1.165, 1.54) is 7.11 Å². The lowest BCUT2D eigenvalue weighted by Gasteiger charge is -2.36. The van der Waals surface area contributed by atoms with Crippen molar-refractivity contribution in [1.29, 1.82) is 0 Å². The van der Waals surface area contributed by atoms with Crippen molar-refractivity contribution in [3.05, 3.63) is 40.2 Å². The number of aromatic nitrogens is 2. The number of hydrogen-bond acceptors (Lipinski definition) is 6. The monoisotopic (exact) mass is 535 g/mol. The number of carbonyl (C=O) groups excluding carboxylic acids is 1. The fourth-order valence-corrected chi connectivity index (χ4v) is 5.38. The highest BCUT2D eigenvalue weighted by atomic mass is 35.5. The van der Waals surface area contributed by atoms with Crippen LogP contribution in [0.15, 0.2) is 18.2 Å². The molecule has 1 aromatic heterocycles. The van der Waals surface area contributed by atoms with Crippen LogP contribution in [-0.2, 0) is 40.5 Å². The lowest BCUT2D eigenvalue weighted by molar-refractivity contribution is -0.143. The number of nitrogens with zero attached hydrogens (tertiary/aromatic N) is 5. The first-order valence-corrected chi connectivity index (χ1v) is 13.1. The molecular formula is C21H25ClF3N5O4S. The van der Waals surface area contributed by atoms with Gasteiger partial charge in [0.05, 0.1) is 18.4 Å². The van der Waals surface area contributed by atoms with E-state index >= 15 is 0 Å². The number of rotatable bonds is 5. The van der Waals surface area contributed by atoms with E-state index in [1.807, 2.05) is 12.1 Å². The zero-order chi connectivity index (χ0) is 25.5. The highest BCUT2D eigenvalue weighted by Crippen LogP contribution is 2.36. The second-order valence-corrected chi connectivity index (χ2v) is 10.9. The molecule has 0 unspecified atom stereocenters. The van der Waals surface area contributed by atoms with Crippen molar-refractivity contribution < 1.29 is 31.1 Å². The number of ether oxygens (including phenoxy) is 1. The van der Waals surface area contributed by atoms with Crippen LogP contribution in [0, 0.1) is 0 Å². The summed E-state index contributed by atoms with van der Waals surface area (Å²) < 4.78 is 71.9. The van der Waals surface area contributed by atoms with Gasteiger partial charge in [-0.1, -0.05) is 11.6 Å². The van der Waals surface area contributed by atoms with Gasteiger partial charge in [-0.2, -0.15) is 22.6 Å². The summed E-state index contributed by atoms with van der Waals surface area (Å²) in [7, 11) is -2.14. The van der Waals surface area contributed by atoms with E-state index in [-0.39, 0.29) is 36.7 Å². The van der Waals surface area contributed by atoms with Gasteiger partial charge < -0.3 is 14.5 Å². The summed E-state index contributed by atoms with van der Waals surface area (Å²) in [6.45, 7) is 1.12. The van der Waals surface area contributed by atoms with Crippen molar-refractivity contribution in [2.75, 3.05) is 51.0 Å². The van der Waals surface area contributed by atoms with Crippen LogP contribution in [0.5, 0.6) is 5.75 Å². The molecule has 1 saturated heterocycles. The topological polar surface area (TPSA) is 88.0 Å². The number of hydrogen-bond donors (Lipinski definition) is 0. The minimum Gasteiger partial charge on any atom is -0.495 e. The van der Waals surface area contributed by atoms with E-state index in [4.69, 9.17) is 16.3 Å². The second kappa shape index (κ2) is 9.51. The zero-order valence-corrected chi connectivity index (χ0v) is 20.8. The molecule has 35 heavy (non-hydrogen) atoms. The SMILES string of the molecule is COc1cc(N2CCN(C(=O)Cn3nc(C(F)(F)F)c4c3CCN(S(C)(=O)=O)C4)CC2)ccc1Cl. The van der Waals surface area contributed by atoms with Crippen molar-refractivity contribution in [3.8, 4) is 5.75 Å². The van der Waals surface area contributed by atoms with Crippen LogP contribution in [0.25, 0.3) is 0 Å². The maximum atomic E-state index is 13.6. The Kier molecular flexibility index (Phi) is 6.95. The molecular weight excluding hydrogens is 511 g/mol. The Morgan fingerprint density at radius 1 is 1.17 bits per heavy atom. The van der Waals surface area contributed by atoms with Crippen LogP contribution in [0.4, 0.5) is 18.9 Å². The molecule has 1 aromatic carbocycles. The number of piperazine rings is 1. The molecule has 0 N–H and O–H groups in total. The molecule has 2 aromatic rings. The Balaban J connectivity index is 1.47. The average Bonchev–Trinajstić information content (AvgIpc) is 3.17. The summed E-state index contributed by atoms with van der Waals surface area (Å²) in [4.78, 5) is 16.6. The molecule has 192 valence electrons. The van der Waals surface area contributed by atoms with Crippen LogP contribution in [0.1, 0.15) is 17.0 Å². The summed E-state index contributed by atoms with van der Waals surface area (Å²) in [5.74, 6) is 0.198. The fourth-order valence-electron chi connectivity index (χ4n) is 4.39. The Labute approximate surface area is 206 Å². The van der Waals surface area contributed by atoms with Crippen molar-refractivity contribution in [2.45, 2.75) is 25.7 Å². The molecule has 3 heterocycles. The minimum absolute atomic E-state index is 0.0340. The van der Waals surface area contributed by atoms with E-state index < -0.39 is 28.4 Å². The standard InChI is InChI=1S/C21H25ClF3N5O4S/c1-34-18-11-14(3-4-16(18)22)27-7-9-28(10-8-27)19(31)13-30-17-5-6-29(35(2,32)33)12-15(17)20(26-30)21(23,24)25/h3-4,11H,5-10,12-13H2,1-2H3. The first-order chi connectivity index (χ1) is 16.4. The molecule has 0 aliphatic carbocycles. The van der Waals surface area contributed by atoms with Gasteiger partial charge in [0.2, 0.25) is 15.9 Å². The highest BCUT2D eigenvalue weighted by Gasteiger charge is 2.42. The molecule has 0 saturated carbocycles. The van der Waals surface area contributed by atoms with Gasteiger partial charge in [-0.15, -0.1) is 0 Å². The first-order valence-electron chi connectivity index (χ1n) is 10.9. The van der Waals surface area contributed by atoms with Gasteiger partial charge in [0.25, 0.3) is 0 Å². The van der Waals surface area contributed by atoms with Crippen LogP contribution < -0.4 is 9.64 Å². The normalized spacial score (nSPS) is 17.4. The smallest absolute Gasteiger partial charge is 0.435 e. The molecule has 9 nitrogen and oxygen atoms in total. The summed E-state index contributed by atoms with van der Waals surface area (Å²) >= 11 is 6.08. The molecule has 4 rings (SSSR count). The van der Waals surface area contributed by atoms with Crippen molar-refractivity contribution in [3.63, 3.8) is 0 Å². The molecule has 0 bridgehead atoms. The van der Waals surface area contributed by atoms with Gasteiger partial charge in [0.1, 0.15) is 12.3 Å². The zero-order valence-electron chi connectivity index (χ0n) is 19.2. The van der Waals surface area contributed by atoms with Gasteiger partial charge in [-0.25, -0.2) is 8.42 Å². The van der Waals surface area contributed by atoms with Gasteiger partial charge in [0, 0.05) is 68.7 Å². The van der Waals surface area contributed by atoms with Crippen LogP contribution in [0.3, 0.4) is 0 Å². The summed E-state index contributed by atoms with van der Waals surface area (Å²) in [5.41, 5.74) is -0.194. The molecule has 1 amide bonds. The first kappa shape index (κ1) is 25.6. The maximum absolute atomic E-state index is 13.6. The largest absolute Gasteiger partial charge is 0.495 e. The van der Waals surface area contributed by atoms with Gasteiger partial charge in [-0.3, -0.25) is 9.48 Å². The fraction of sp³-hybridized carbons (Fsp3) is 0.524. The van der Waals surface area contributed by atoms with Crippen molar-refractivity contribution in [2.24, 2.45) is 0 Å². The lowest BCUT2D eigenvalue weighted by Crippen LogP contribution is -2.49. The van der Waals surface area contributed by atoms with Crippen molar-refractivity contribution >= 4 is 33.2 Å². The van der Waals surface area contributed by atoms with E-state index in [1.54, 1.807) is 11.0 Å². The van der Waals surface area contributed by atoms with E-state index in [9.17, 15) is 26.4 Å². The van der Waals surface area contributed by atoms with Crippen LogP contribution >= 0.6 is 11.6 Å². The number of halogens is 4. The Morgan fingerprint density at radius 2 is 1.86 bits per heavy atom. The molecule has 2 aliphatic heterocycles. The number of anilines is 1. The Morgan fingerprint density at radius 3 is 2.46 bits per heavy atom. The highest BCUT2D eigenvalue weighted by molar-refractivity contribution is 7.88. The third kappa shape index (κ3) is 5.36. The van der Waals surface area contributed by atoms with E-state index in [2.05, 4.69) is 10.00 Å². The van der Waals surface area contributed by atoms with Gasteiger partial charge in [0.15, 0.2) is 5.69 Å². The number of alkyl halides is 3. The van der Waals surface area contributed by atoms with Crippen molar-refractivity contribution in [1.82, 2.24) is 19.0 Å². The number of sulfonamides is 1. The maximum Gasteiger partial charge on any atom is 0.435 e. The summed E-state index contributed by atoms with van der Waals surface area (Å²) in [5, 5.41) is 4.18. The molecule has 2 aliphatic rings. The van der Waals surface area contributed by atoms with E-state index in [0.29, 0.717) is 37.0 Å². The lowest BCUT2D eigenvalue weighted by atomic mass is 10.1. The number of fused-ring (bicyclic) bond motifs is 1. The molecule has 14 heteroatoms. The molecule has 1 fully saturated rings. The molecule has 0 spiro atoms. The molecule has 0 radical (unpaired) electrons. The van der Waals surface area contributed by atoms with Gasteiger partial charge in [-0.05, 0) is 12.1 Å². The minimum atomic E-state index is -4.76. The predicted molar refractivity (Wildman–Crippen MR) is 123 cm³/mol. The Hall–Kier alpha value is -2.51. The second-order valence-electron chi connectivity index (χ2n) is 8.46. The van der Waals surface area contributed by atoms with E-state index in [0.717, 1.165) is 20.9 Å². The van der Waals surface area contributed by atoms with Gasteiger partial charge >= 0.3 is 6.18 Å². The number of carbonyl (C=O) groups is 1. The third-order valence-electron chi connectivity index (χ3n) is 6.25. The summed E-state index contributed by atoms with van der Waals surface area (Å²) in [6, 6.07) is 5.41. The number of amides is 1. The third-order valence-corrected chi connectivity index (χ3v) is 7.82. The number of methoxy groups -OCH3 is 1. The average molecular weight is 536 g/mol.